The van der Waals surface area contributed by atoms with Crippen LogP contribution < -0.4 is 10.6 Å². The first-order valence-corrected chi connectivity index (χ1v) is 12.9. The third-order valence-electron chi connectivity index (χ3n) is 9.36. The highest BCUT2D eigenvalue weighted by Gasteiger charge is 2.63. The summed E-state index contributed by atoms with van der Waals surface area (Å²) in [5.74, 6) is -0.706. The number of hydrogen-bond donors (Lipinski definition) is 2. The molecular weight excluding hydrogens is 492 g/mol. The van der Waals surface area contributed by atoms with Gasteiger partial charge in [0.25, 0.3) is 5.89 Å². The second-order valence-corrected chi connectivity index (χ2v) is 11.8. The molecule has 0 atom stereocenters. The molecule has 5 fully saturated rings. The molecule has 1 amide bonds. The number of amides is 1. The Balaban J connectivity index is 1.20. The van der Waals surface area contributed by atoms with E-state index in [4.69, 9.17) is 10.3 Å². The highest BCUT2D eigenvalue weighted by molar-refractivity contribution is 5.96. The van der Waals surface area contributed by atoms with Gasteiger partial charge in [-0.05, 0) is 87.8 Å². The molecule has 0 radical (unpaired) electrons. The van der Waals surface area contributed by atoms with E-state index >= 15 is 0 Å². The van der Waals surface area contributed by atoms with E-state index in [0.717, 1.165) is 38.5 Å². The summed E-state index contributed by atoms with van der Waals surface area (Å²) in [6.45, 7) is 0.359. The largest absolute Gasteiger partial charge is 0.417 e. The van der Waals surface area contributed by atoms with Crippen LogP contribution in [0.5, 0.6) is 0 Å². The normalized spacial score (nSPS) is 34.1. The number of fused-ring (bicyclic) bond motifs is 3. The summed E-state index contributed by atoms with van der Waals surface area (Å²) < 4.78 is 59.3. The molecule has 1 heterocycles. The molecule has 0 saturated heterocycles. The summed E-state index contributed by atoms with van der Waals surface area (Å²) in [7, 11) is 0. The van der Waals surface area contributed by atoms with E-state index in [1.165, 1.54) is 0 Å². The van der Waals surface area contributed by atoms with Gasteiger partial charge >= 0.3 is 6.18 Å². The summed E-state index contributed by atoms with van der Waals surface area (Å²) in [4.78, 5) is 19.5. The average Bonchev–Trinajstić information content (AvgIpc) is 3.38. The lowest BCUT2D eigenvalue weighted by Crippen LogP contribution is -2.60. The summed E-state index contributed by atoms with van der Waals surface area (Å²) in [5, 5.41) is 14.1. The minimum Gasteiger partial charge on any atom is -0.399 e. The minimum absolute atomic E-state index is 0.0667. The molecule has 37 heavy (non-hydrogen) atoms. The Morgan fingerprint density at radius 3 is 2.32 bits per heavy atom. The van der Waals surface area contributed by atoms with Crippen molar-refractivity contribution in [2.24, 2.45) is 11.3 Å². The second kappa shape index (κ2) is 7.91. The van der Waals surface area contributed by atoms with E-state index in [0.29, 0.717) is 36.6 Å². The molecule has 0 spiro atoms. The average molecular weight is 523 g/mol. The lowest BCUT2D eigenvalue weighted by molar-refractivity contribution is -0.295. The second-order valence-electron chi connectivity index (χ2n) is 11.8. The fourth-order valence-corrected chi connectivity index (χ4v) is 6.49. The highest BCUT2D eigenvalue weighted by atomic mass is 19.4. The standard InChI is InChI=1S/C26H30F4N4O3/c27-24(10-11-24)21-32-20(33-37-21)23-7-4-22(5-8-23,6-9-23)15-34(18-3-1-2-17(31)12-18)19(35)16-13-25(36,14-16)26(28,29)30/h1-3,12,16,36H,4-11,13-15,31H2. The molecule has 2 aromatic rings. The first-order chi connectivity index (χ1) is 17.4. The highest BCUT2D eigenvalue weighted by Crippen LogP contribution is 2.59. The van der Waals surface area contributed by atoms with Crippen LogP contribution in [0.3, 0.4) is 0 Å². The lowest BCUT2D eigenvalue weighted by Gasteiger charge is -2.54. The molecule has 2 bridgehead atoms. The first kappa shape index (κ1) is 24.6. The van der Waals surface area contributed by atoms with E-state index in [2.05, 4.69) is 10.1 Å². The number of alkyl halides is 4. The fourth-order valence-electron chi connectivity index (χ4n) is 6.49. The van der Waals surface area contributed by atoms with Crippen molar-refractivity contribution in [2.45, 2.75) is 87.1 Å². The van der Waals surface area contributed by atoms with Gasteiger partial charge in [-0.15, -0.1) is 0 Å². The lowest BCUT2D eigenvalue weighted by atomic mass is 9.53. The third kappa shape index (κ3) is 4.00. The topological polar surface area (TPSA) is 105 Å². The van der Waals surface area contributed by atoms with Crippen molar-refractivity contribution < 1.29 is 32.0 Å². The summed E-state index contributed by atoms with van der Waals surface area (Å²) in [5.41, 5.74) is 2.18. The fraction of sp³-hybridized carbons (Fsp3) is 0.654. The van der Waals surface area contributed by atoms with Crippen molar-refractivity contribution in [2.75, 3.05) is 17.2 Å². The third-order valence-corrected chi connectivity index (χ3v) is 9.36. The van der Waals surface area contributed by atoms with Crippen LogP contribution in [0.1, 0.15) is 75.9 Å². The molecule has 5 aliphatic carbocycles. The van der Waals surface area contributed by atoms with Crippen LogP contribution in [0, 0.1) is 11.3 Å². The summed E-state index contributed by atoms with van der Waals surface area (Å²) in [6, 6.07) is 6.80. The molecule has 200 valence electrons. The van der Waals surface area contributed by atoms with Crippen LogP contribution in [0.15, 0.2) is 28.8 Å². The molecule has 11 heteroatoms. The Hall–Kier alpha value is -2.69. The van der Waals surface area contributed by atoms with E-state index < -0.39 is 42.1 Å². The van der Waals surface area contributed by atoms with Crippen molar-refractivity contribution in [1.29, 1.82) is 0 Å². The van der Waals surface area contributed by atoms with Crippen LogP contribution in [0.4, 0.5) is 28.9 Å². The molecule has 0 unspecified atom stereocenters. The van der Waals surface area contributed by atoms with Crippen molar-refractivity contribution in [3.63, 3.8) is 0 Å². The van der Waals surface area contributed by atoms with Gasteiger partial charge in [-0.3, -0.25) is 4.79 Å². The maximum Gasteiger partial charge on any atom is 0.417 e. The van der Waals surface area contributed by atoms with E-state index in [1.807, 2.05) is 0 Å². The van der Waals surface area contributed by atoms with E-state index in [-0.39, 0.29) is 16.7 Å². The number of aromatic nitrogens is 2. The molecule has 5 saturated carbocycles. The van der Waals surface area contributed by atoms with Crippen LogP contribution in [0.25, 0.3) is 0 Å². The summed E-state index contributed by atoms with van der Waals surface area (Å²) in [6.07, 6.45) is -0.606. The Morgan fingerprint density at radius 2 is 1.76 bits per heavy atom. The van der Waals surface area contributed by atoms with Gasteiger partial charge in [0.15, 0.2) is 17.1 Å². The summed E-state index contributed by atoms with van der Waals surface area (Å²) >= 11 is 0. The van der Waals surface area contributed by atoms with Crippen LogP contribution >= 0.6 is 0 Å². The molecular formula is C26H30F4N4O3. The van der Waals surface area contributed by atoms with Gasteiger partial charge in [-0.1, -0.05) is 11.2 Å². The van der Waals surface area contributed by atoms with Gasteiger partial charge < -0.3 is 20.3 Å². The van der Waals surface area contributed by atoms with Gasteiger partial charge in [0.2, 0.25) is 5.91 Å². The molecule has 1 aromatic carbocycles. The first-order valence-electron chi connectivity index (χ1n) is 12.9. The number of rotatable bonds is 6. The zero-order chi connectivity index (χ0) is 26.3. The Morgan fingerprint density at radius 1 is 1.11 bits per heavy atom. The SMILES string of the molecule is Nc1cccc(N(CC23CCC(c4noc(C5(F)CC5)n4)(CC2)CC3)C(=O)C2CC(O)(C(F)(F)F)C2)c1. The van der Waals surface area contributed by atoms with E-state index in [9.17, 15) is 27.5 Å². The van der Waals surface area contributed by atoms with Crippen molar-refractivity contribution in [1.82, 2.24) is 10.1 Å². The number of hydrogen-bond acceptors (Lipinski definition) is 6. The Labute approximate surface area is 211 Å². The number of nitrogens with two attached hydrogens (primary N) is 1. The molecule has 7 rings (SSSR count). The number of carbonyl (C=O) groups excluding carboxylic acids is 1. The van der Waals surface area contributed by atoms with Crippen LogP contribution in [0.2, 0.25) is 0 Å². The molecule has 5 aliphatic rings. The van der Waals surface area contributed by atoms with Crippen molar-refractivity contribution in [3.05, 3.63) is 36.0 Å². The predicted octanol–water partition coefficient (Wildman–Crippen LogP) is 4.94. The zero-order valence-electron chi connectivity index (χ0n) is 20.4. The molecule has 1 aromatic heterocycles. The predicted molar refractivity (Wildman–Crippen MR) is 125 cm³/mol. The molecule has 7 nitrogen and oxygen atoms in total. The van der Waals surface area contributed by atoms with Gasteiger partial charge in [0.05, 0.1) is 0 Å². The van der Waals surface area contributed by atoms with Crippen LogP contribution in [-0.2, 0) is 15.9 Å². The number of nitrogen functional groups attached to an aromatic ring is 1. The number of aliphatic hydroxyl groups is 1. The van der Waals surface area contributed by atoms with Gasteiger partial charge in [0.1, 0.15) is 0 Å². The maximum atomic E-state index is 14.4. The van der Waals surface area contributed by atoms with Gasteiger partial charge in [-0.2, -0.15) is 18.2 Å². The monoisotopic (exact) mass is 522 g/mol. The smallest absolute Gasteiger partial charge is 0.399 e. The van der Waals surface area contributed by atoms with E-state index in [1.54, 1.807) is 29.2 Å². The maximum absolute atomic E-state index is 14.4. The zero-order valence-corrected chi connectivity index (χ0v) is 20.4. The van der Waals surface area contributed by atoms with Gasteiger partial charge in [0, 0.05) is 29.3 Å². The Bertz CT molecular complexity index is 1190. The van der Waals surface area contributed by atoms with Crippen LogP contribution in [-0.4, -0.2) is 39.5 Å². The molecule has 0 aliphatic heterocycles. The number of carbonyl (C=O) groups is 1. The number of benzene rings is 1. The number of nitrogens with zero attached hydrogens (tertiary/aromatic N) is 3. The minimum atomic E-state index is -4.77. The Kier molecular flexibility index (Phi) is 5.27. The van der Waals surface area contributed by atoms with Gasteiger partial charge in [-0.25, -0.2) is 4.39 Å². The van der Waals surface area contributed by atoms with Crippen molar-refractivity contribution in [3.8, 4) is 0 Å². The quantitative estimate of drug-likeness (QED) is 0.411. The number of anilines is 2. The number of halogens is 4. The molecule has 3 N–H and O–H groups in total. The van der Waals surface area contributed by atoms with Crippen molar-refractivity contribution >= 4 is 17.3 Å².